The van der Waals surface area contributed by atoms with Gasteiger partial charge in [0, 0.05) is 24.2 Å². The van der Waals surface area contributed by atoms with Crippen molar-refractivity contribution < 1.29 is 27.7 Å². The highest BCUT2D eigenvalue weighted by atomic mass is 19.3. The van der Waals surface area contributed by atoms with E-state index >= 15 is 0 Å². The van der Waals surface area contributed by atoms with Gasteiger partial charge in [-0.15, -0.1) is 0 Å². The molecule has 1 unspecified atom stereocenters. The summed E-state index contributed by atoms with van der Waals surface area (Å²) in [5.74, 6) is 1.98. The molecule has 0 saturated heterocycles. The van der Waals surface area contributed by atoms with Crippen molar-refractivity contribution in [1.82, 2.24) is 5.32 Å². The van der Waals surface area contributed by atoms with Gasteiger partial charge in [-0.1, -0.05) is 12.1 Å². The normalized spacial score (nSPS) is 12.0. The van der Waals surface area contributed by atoms with Crippen molar-refractivity contribution in [3.63, 3.8) is 0 Å². The third kappa shape index (κ3) is 4.98. The van der Waals surface area contributed by atoms with Crippen molar-refractivity contribution in [2.45, 2.75) is 26.1 Å². The van der Waals surface area contributed by atoms with Crippen LogP contribution in [0.2, 0.25) is 0 Å². The molecule has 0 aliphatic carbocycles. The van der Waals surface area contributed by atoms with Crippen LogP contribution in [0, 0.1) is 0 Å². The van der Waals surface area contributed by atoms with Crippen LogP contribution >= 0.6 is 0 Å². The van der Waals surface area contributed by atoms with Crippen LogP contribution in [0.1, 0.15) is 24.1 Å². The van der Waals surface area contributed by atoms with E-state index < -0.39 is 6.61 Å². The van der Waals surface area contributed by atoms with E-state index in [-0.39, 0.29) is 11.8 Å². The molecule has 0 amide bonds. The van der Waals surface area contributed by atoms with Gasteiger partial charge in [-0.05, 0) is 30.7 Å². The van der Waals surface area contributed by atoms with E-state index in [0.717, 1.165) is 11.1 Å². The van der Waals surface area contributed by atoms with Crippen LogP contribution in [0.4, 0.5) is 8.78 Å². The van der Waals surface area contributed by atoms with Gasteiger partial charge in [0.2, 0.25) is 0 Å². The number of halogens is 2. The summed E-state index contributed by atoms with van der Waals surface area (Å²) in [5.41, 5.74) is 1.72. The van der Waals surface area contributed by atoms with Gasteiger partial charge in [0.15, 0.2) is 11.5 Å². The molecule has 0 aliphatic heterocycles. The highest BCUT2D eigenvalue weighted by molar-refractivity contribution is 5.50. The zero-order valence-electron chi connectivity index (χ0n) is 15.2. The summed E-state index contributed by atoms with van der Waals surface area (Å²) in [4.78, 5) is 0. The van der Waals surface area contributed by atoms with Crippen molar-refractivity contribution in [3.05, 3.63) is 47.5 Å². The van der Waals surface area contributed by atoms with Crippen molar-refractivity contribution in [2.24, 2.45) is 0 Å². The second kappa shape index (κ2) is 9.24. The molecule has 7 heteroatoms. The molecule has 0 saturated carbocycles. The smallest absolute Gasteiger partial charge is 0.387 e. The monoisotopic (exact) mass is 367 g/mol. The number of rotatable bonds is 9. The first-order valence-electron chi connectivity index (χ1n) is 8.05. The molecule has 0 aliphatic rings. The Hall–Kier alpha value is -2.54. The zero-order chi connectivity index (χ0) is 19.1. The molecule has 0 aromatic heterocycles. The van der Waals surface area contributed by atoms with Gasteiger partial charge < -0.3 is 24.3 Å². The van der Waals surface area contributed by atoms with Crippen LogP contribution < -0.4 is 24.3 Å². The standard InChI is InChI=1S/C19H23F2NO4/c1-12(13-6-5-7-15(8-13)26-19(20)21)22-11-14-9-17(24-3)18(25-4)10-16(14)23-2/h5-10,12,19,22H,11H2,1-4H3. The molecule has 1 N–H and O–H groups in total. The van der Waals surface area contributed by atoms with Crippen molar-refractivity contribution in [2.75, 3.05) is 21.3 Å². The lowest BCUT2D eigenvalue weighted by atomic mass is 10.1. The summed E-state index contributed by atoms with van der Waals surface area (Å²) in [6.45, 7) is -0.413. The highest BCUT2D eigenvalue weighted by Crippen LogP contribution is 2.34. The molecule has 2 rings (SSSR count). The molecule has 0 spiro atoms. The average Bonchev–Trinajstić information content (AvgIpc) is 2.64. The Labute approximate surface area is 151 Å². The minimum atomic E-state index is -2.84. The molecule has 1 atom stereocenters. The Kier molecular flexibility index (Phi) is 7.03. The summed E-state index contributed by atoms with van der Waals surface area (Å²) in [5, 5.41) is 3.34. The lowest BCUT2D eigenvalue weighted by Gasteiger charge is -2.18. The highest BCUT2D eigenvalue weighted by Gasteiger charge is 2.14. The fourth-order valence-electron chi connectivity index (χ4n) is 2.57. The number of hydrogen-bond acceptors (Lipinski definition) is 5. The molecule has 0 fully saturated rings. The molecular weight excluding hydrogens is 344 g/mol. The summed E-state index contributed by atoms with van der Waals surface area (Å²) >= 11 is 0. The number of nitrogens with one attached hydrogen (secondary N) is 1. The van der Waals surface area contributed by atoms with E-state index in [1.54, 1.807) is 39.5 Å². The average molecular weight is 367 g/mol. The lowest BCUT2D eigenvalue weighted by molar-refractivity contribution is -0.0499. The van der Waals surface area contributed by atoms with Gasteiger partial charge in [0.25, 0.3) is 0 Å². The first-order valence-corrected chi connectivity index (χ1v) is 8.05. The summed E-state index contributed by atoms with van der Waals surface area (Å²) < 4.78 is 45.2. The molecule has 5 nitrogen and oxygen atoms in total. The summed E-state index contributed by atoms with van der Waals surface area (Å²) in [6.07, 6.45) is 0. The van der Waals surface area contributed by atoms with E-state index in [1.807, 2.05) is 19.1 Å². The first-order chi connectivity index (χ1) is 12.5. The Balaban J connectivity index is 2.12. The van der Waals surface area contributed by atoms with Crippen LogP contribution in [-0.2, 0) is 6.54 Å². The molecule has 2 aromatic rings. The van der Waals surface area contributed by atoms with Crippen LogP contribution in [0.3, 0.4) is 0 Å². The summed E-state index contributed by atoms with van der Waals surface area (Å²) in [6, 6.07) is 10.1. The van der Waals surface area contributed by atoms with E-state index in [2.05, 4.69) is 10.1 Å². The second-order valence-electron chi connectivity index (χ2n) is 5.57. The number of hydrogen-bond donors (Lipinski definition) is 1. The molecule has 142 valence electrons. The molecule has 0 radical (unpaired) electrons. The van der Waals surface area contributed by atoms with Gasteiger partial charge in [0.05, 0.1) is 21.3 Å². The van der Waals surface area contributed by atoms with Crippen LogP contribution in [0.5, 0.6) is 23.0 Å². The second-order valence-corrected chi connectivity index (χ2v) is 5.57. The Morgan fingerprint density at radius 2 is 1.58 bits per heavy atom. The number of ether oxygens (including phenoxy) is 4. The fourth-order valence-corrected chi connectivity index (χ4v) is 2.57. The number of benzene rings is 2. The van der Waals surface area contributed by atoms with Crippen LogP contribution in [0.25, 0.3) is 0 Å². The predicted octanol–water partition coefficient (Wildman–Crippen LogP) is 4.16. The molecule has 2 aromatic carbocycles. The third-order valence-electron chi connectivity index (χ3n) is 3.97. The topological polar surface area (TPSA) is 49.0 Å². The molecular formula is C19H23F2NO4. The Morgan fingerprint density at radius 3 is 2.19 bits per heavy atom. The van der Waals surface area contributed by atoms with Crippen molar-refractivity contribution in [1.29, 1.82) is 0 Å². The SMILES string of the molecule is COc1cc(OC)c(OC)cc1CNC(C)c1cccc(OC(F)F)c1. The van der Waals surface area contributed by atoms with Crippen LogP contribution in [0.15, 0.2) is 36.4 Å². The van der Waals surface area contributed by atoms with Gasteiger partial charge >= 0.3 is 6.61 Å². The van der Waals surface area contributed by atoms with E-state index in [4.69, 9.17) is 14.2 Å². The Bertz CT molecular complexity index is 725. The minimum absolute atomic E-state index is 0.0889. The largest absolute Gasteiger partial charge is 0.496 e. The van der Waals surface area contributed by atoms with Crippen molar-refractivity contribution >= 4 is 0 Å². The number of alkyl halides is 2. The predicted molar refractivity (Wildman–Crippen MR) is 94.4 cm³/mol. The summed E-state index contributed by atoms with van der Waals surface area (Å²) in [7, 11) is 4.71. The maximum absolute atomic E-state index is 12.4. The quantitative estimate of drug-likeness (QED) is 0.721. The van der Waals surface area contributed by atoms with Gasteiger partial charge in [0.1, 0.15) is 11.5 Å². The first kappa shape index (κ1) is 19.8. The fraction of sp³-hybridized carbons (Fsp3) is 0.368. The maximum atomic E-state index is 12.4. The van der Waals surface area contributed by atoms with E-state index in [9.17, 15) is 8.78 Å². The third-order valence-corrected chi connectivity index (χ3v) is 3.97. The molecule has 0 bridgehead atoms. The van der Waals surface area contributed by atoms with Gasteiger partial charge in [-0.25, -0.2) is 0 Å². The molecule has 26 heavy (non-hydrogen) atoms. The van der Waals surface area contributed by atoms with Crippen LogP contribution in [-0.4, -0.2) is 27.9 Å². The van der Waals surface area contributed by atoms with Crippen molar-refractivity contribution in [3.8, 4) is 23.0 Å². The van der Waals surface area contributed by atoms with Gasteiger partial charge in [-0.3, -0.25) is 0 Å². The zero-order valence-corrected chi connectivity index (χ0v) is 15.2. The lowest BCUT2D eigenvalue weighted by Crippen LogP contribution is -2.18. The maximum Gasteiger partial charge on any atom is 0.387 e. The molecule has 0 heterocycles. The Morgan fingerprint density at radius 1 is 0.923 bits per heavy atom. The van der Waals surface area contributed by atoms with E-state index in [1.165, 1.54) is 6.07 Å². The minimum Gasteiger partial charge on any atom is -0.496 e. The number of methoxy groups -OCH3 is 3. The van der Waals surface area contributed by atoms with E-state index in [0.29, 0.717) is 23.8 Å². The van der Waals surface area contributed by atoms with Gasteiger partial charge in [-0.2, -0.15) is 8.78 Å².